The Hall–Kier alpha value is -0.740. The second kappa shape index (κ2) is 8.38. The zero-order valence-corrected chi connectivity index (χ0v) is 11.6. The van der Waals surface area contributed by atoms with Crippen LogP contribution in [0.25, 0.3) is 0 Å². The molecule has 4 heteroatoms. The van der Waals surface area contributed by atoms with Gasteiger partial charge in [-0.3, -0.25) is 4.98 Å². The predicted octanol–water partition coefficient (Wildman–Crippen LogP) is 2.83. The minimum Gasteiger partial charge on any atom is -0.493 e. The number of piperidine rings is 1. The maximum atomic E-state index is 5.83. The highest BCUT2D eigenvalue weighted by Gasteiger charge is 2.13. The lowest BCUT2D eigenvalue weighted by molar-refractivity contribution is 0.218. The van der Waals surface area contributed by atoms with Gasteiger partial charge in [0.15, 0.2) is 0 Å². The van der Waals surface area contributed by atoms with E-state index >= 15 is 0 Å². The molecule has 18 heavy (non-hydrogen) atoms. The van der Waals surface area contributed by atoms with E-state index in [4.69, 9.17) is 4.74 Å². The van der Waals surface area contributed by atoms with Gasteiger partial charge >= 0.3 is 0 Å². The van der Waals surface area contributed by atoms with Gasteiger partial charge in [0.25, 0.3) is 0 Å². The highest BCUT2D eigenvalue weighted by Crippen LogP contribution is 2.16. The first-order valence-electron chi connectivity index (χ1n) is 6.03. The zero-order chi connectivity index (χ0) is 11.4. The van der Waals surface area contributed by atoms with Crippen LogP contribution in [-0.4, -0.2) is 24.7 Å². The zero-order valence-electron chi connectivity index (χ0n) is 10.6. The van der Waals surface area contributed by atoms with Crippen molar-refractivity contribution in [2.24, 2.45) is 5.92 Å². The standard InChI is InChI=1S/C13H20N2O.CH4.H2S/c1-10-6-13(7-11(2)15-10)16-9-12-4-3-5-14-8-12;;/h6-7,12,14H,3-5,8-9H2,1-2H3;1H4;1H2. The van der Waals surface area contributed by atoms with Gasteiger partial charge in [0.1, 0.15) is 5.75 Å². The van der Waals surface area contributed by atoms with Crippen LogP contribution in [0.15, 0.2) is 12.1 Å². The summed E-state index contributed by atoms with van der Waals surface area (Å²) in [5, 5.41) is 3.40. The third-order valence-corrected chi connectivity index (χ3v) is 2.94. The van der Waals surface area contributed by atoms with E-state index in [9.17, 15) is 0 Å². The third kappa shape index (κ3) is 5.27. The van der Waals surface area contributed by atoms with Gasteiger partial charge in [-0.05, 0) is 33.2 Å². The smallest absolute Gasteiger partial charge is 0.122 e. The lowest BCUT2D eigenvalue weighted by Gasteiger charge is -2.22. The summed E-state index contributed by atoms with van der Waals surface area (Å²) in [6, 6.07) is 4.01. The minimum atomic E-state index is 0. The van der Waals surface area contributed by atoms with Crippen LogP contribution in [0.3, 0.4) is 0 Å². The quantitative estimate of drug-likeness (QED) is 0.917. The number of aryl methyl sites for hydroxylation is 2. The van der Waals surface area contributed by atoms with Gasteiger partial charge in [-0.25, -0.2) is 0 Å². The Morgan fingerprint density at radius 1 is 1.33 bits per heavy atom. The number of pyridine rings is 1. The molecule has 0 saturated carbocycles. The largest absolute Gasteiger partial charge is 0.493 e. The molecule has 1 saturated heterocycles. The molecule has 1 aliphatic rings. The lowest BCUT2D eigenvalue weighted by Crippen LogP contribution is -2.33. The first-order valence-corrected chi connectivity index (χ1v) is 6.03. The molecule has 1 aromatic heterocycles. The summed E-state index contributed by atoms with van der Waals surface area (Å²) >= 11 is 0. The Kier molecular flexibility index (Phi) is 8.03. The number of hydrogen-bond donors (Lipinski definition) is 1. The molecule has 0 radical (unpaired) electrons. The molecule has 0 bridgehead atoms. The maximum absolute atomic E-state index is 5.83. The fourth-order valence-corrected chi connectivity index (χ4v) is 2.16. The maximum Gasteiger partial charge on any atom is 0.122 e. The molecular weight excluding hydrogens is 244 g/mol. The van der Waals surface area contributed by atoms with Crippen LogP contribution in [0.5, 0.6) is 5.75 Å². The van der Waals surface area contributed by atoms with E-state index < -0.39 is 0 Å². The van der Waals surface area contributed by atoms with E-state index in [2.05, 4.69) is 10.3 Å². The summed E-state index contributed by atoms with van der Waals surface area (Å²) in [6.07, 6.45) is 2.54. The summed E-state index contributed by atoms with van der Waals surface area (Å²) in [5.41, 5.74) is 2.05. The van der Waals surface area contributed by atoms with Crippen LogP contribution in [0.1, 0.15) is 31.7 Å². The van der Waals surface area contributed by atoms with Crippen molar-refractivity contribution in [1.29, 1.82) is 0 Å². The number of rotatable bonds is 3. The summed E-state index contributed by atoms with van der Waals surface area (Å²) < 4.78 is 5.83. The fraction of sp³-hybridized carbons (Fsp3) is 0.643. The summed E-state index contributed by atoms with van der Waals surface area (Å²) in [4.78, 5) is 4.34. The topological polar surface area (TPSA) is 34.1 Å². The van der Waals surface area contributed by atoms with Crippen molar-refractivity contribution in [2.45, 2.75) is 34.1 Å². The van der Waals surface area contributed by atoms with Crippen molar-refractivity contribution in [3.63, 3.8) is 0 Å². The van der Waals surface area contributed by atoms with Crippen LogP contribution in [-0.2, 0) is 0 Å². The monoisotopic (exact) mass is 270 g/mol. The average Bonchev–Trinajstić information content (AvgIpc) is 2.27. The Labute approximate surface area is 118 Å². The molecule has 1 N–H and O–H groups in total. The van der Waals surface area contributed by atoms with Crippen molar-refractivity contribution in [1.82, 2.24) is 10.3 Å². The van der Waals surface area contributed by atoms with Crippen molar-refractivity contribution in [2.75, 3.05) is 19.7 Å². The van der Waals surface area contributed by atoms with Gasteiger partial charge < -0.3 is 10.1 Å². The average molecular weight is 270 g/mol. The Morgan fingerprint density at radius 2 is 2.00 bits per heavy atom. The molecule has 3 nitrogen and oxygen atoms in total. The molecule has 2 rings (SSSR count). The molecule has 1 aromatic rings. The Morgan fingerprint density at radius 3 is 2.56 bits per heavy atom. The Balaban J connectivity index is 0.00000144. The molecule has 0 aliphatic carbocycles. The van der Waals surface area contributed by atoms with E-state index in [-0.39, 0.29) is 20.9 Å². The number of hydrogen-bond acceptors (Lipinski definition) is 3. The molecule has 0 spiro atoms. The van der Waals surface area contributed by atoms with Crippen LogP contribution in [0.4, 0.5) is 0 Å². The molecule has 0 aromatic carbocycles. The fourth-order valence-electron chi connectivity index (χ4n) is 2.16. The van der Waals surface area contributed by atoms with Gasteiger partial charge in [-0.15, -0.1) is 0 Å². The molecule has 1 unspecified atom stereocenters. The van der Waals surface area contributed by atoms with Crippen LogP contribution < -0.4 is 10.1 Å². The van der Waals surface area contributed by atoms with Crippen molar-refractivity contribution in [3.05, 3.63) is 23.5 Å². The van der Waals surface area contributed by atoms with Crippen molar-refractivity contribution < 1.29 is 4.74 Å². The normalized spacial score (nSPS) is 18.4. The van der Waals surface area contributed by atoms with E-state index in [0.29, 0.717) is 5.92 Å². The number of ether oxygens (including phenoxy) is 1. The lowest BCUT2D eigenvalue weighted by atomic mass is 10.0. The highest BCUT2D eigenvalue weighted by molar-refractivity contribution is 7.59. The van der Waals surface area contributed by atoms with Gasteiger partial charge in [0.2, 0.25) is 0 Å². The molecular formula is C14H26N2OS. The summed E-state index contributed by atoms with van der Waals surface area (Å²) in [7, 11) is 0. The molecule has 0 amide bonds. The van der Waals surface area contributed by atoms with E-state index in [1.807, 2.05) is 26.0 Å². The minimum absolute atomic E-state index is 0. The summed E-state index contributed by atoms with van der Waals surface area (Å²) in [6.45, 7) is 7.06. The highest BCUT2D eigenvalue weighted by atomic mass is 32.1. The van der Waals surface area contributed by atoms with Crippen LogP contribution in [0.2, 0.25) is 0 Å². The summed E-state index contributed by atoms with van der Waals surface area (Å²) in [5.74, 6) is 1.61. The molecule has 1 aliphatic heterocycles. The van der Waals surface area contributed by atoms with Crippen molar-refractivity contribution in [3.8, 4) is 5.75 Å². The van der Waals surface area contributed by atoms with E-state index in [0.717, 1.165) is 36.8 Å². The molecule has 1 atom stereocenters. The molecule has 2 heterocycles. The van der Waals surface area contributed by atoms with Gasteiger partial charge in [-0.2, -0.15) is 13.5 Å². The Bertz CT molecular complexity index is 331. The predicted molar refractivity (Wildman–Crippen MR) is 81.9 cm³/mol. The second-order valence-corrected chi connectivity index (χ2v) is 4.61. The number of aromatic nitrogens is 1. The van der Waals surface area contributed by atoms with Gasteiger partial charge in [0, 0.05) is 36.0 Å². The van der Waals surface area contributed by atoms with Gasteiger partial charge in [0.05, 0.1) is 6.61 Å². The van der Waals surface area contributed by atoms with Gasteiger partial charge in [-0.1, -0.05) is 7.43 Å². The SMILES string of the molecule is C.Cc1cc(OCC2CCCNC2)cc(C)n1.S. The first-order chi connectivity index (χ1) is 7.74. The second-order valence-electron chi connectivity index (χ2n) is 4.61. The van der Waals surface area contributed by atoms with Crippen LogP contribution >= 0.6 is 13.5 Å². The number of nitrogens with one attached hydrogen (secondary N) is 1. The van der Waals surface area contributed by atoms with E-state index in [1.165, 1.54) is 12.8 Å². The van der Waals surface area contributed by atoms with E-state index in [1.54, 1.807) is 0 Å². The molecule has 104 valence electrons. The van der Waals surface area contributed by atoms with Crippen molar-refractivity contribution >= 4 is 13.5 Å². The molecule has 1 fully saturated rings. The number of nitrogens with zero attached hydrogens (tertiary/aromatic N) is 1. The van der Waals surface area contributed by atoms with Crippen LogP contribution in [0, 0.1) is 19.8 Å². The first kappa shape index (κ1) is 17.3. The third-order valence-electron chi connectivity index (χ3n) is 2.94.